The molecule has 5 rings (SSSR count). The van der Waals surface area contributed by atoms with E-state index >= 15 is 0 Å². The predicted octanol–water partition coefficient (Wildman–Crippen LogP) is 6.76. The number of hydrogen-bond acceptors (Lipinski definition) is 0. The van der Waals surface area contributed by atoms with Crippen molar-refractivity contribution in [1.29, 1.82) is 0 Å². The molecule has 3 aromatic carbocycles. The zero-order valence-corrected chi connectivity index (χ0v) is 14.3. The van der Waals surface area contributed by atoms with Gasteiger partial charge in [-0.15, -0.1) is 0 Å². The van der Waals surface area contributed by atoms with Crippen LogP contribution in [0.3, 0.4) is 0 Å². The molecule has 26 heavy (non-hydrogen) atoms. The lowest BCUT2D eigenvalue weighted by Gasteiger charge is -2.04. The fraction of sp³-hybridized carbons (Fsp3) is 0. The lowest BCUT2D eigenvalue weighted by molar-refractivity contribution is 1.42. The topological polar surface area (TPSA) is 31.6 Å². The molecule has 2 heterocycles. The Bertz CT molecular complexity index is 1310. The summed E-state index contributed by atoms with van der Waals surface area (Å²) in [6.07, 6.45) is 3.73. The zero-order chi connectivity index (χ0) is 17.7. The van der Waals surface area contributed by atoms with Crippen LogP contribution in [0, 0.1) is 0 Å². The lowest BCUT2D eigenvalue weighted by atomic mass is 10.00. The van der Waals surface area contributed by atoms with Crippen LogP contribution in [0.15, 0.2) is 73.8 Å². The van der Waals surface area contributed by atoms with Crippen molar-refractivity contribution in [2.24, 2.45) is 0 Å². The Hall–Kier alpha value is -3.52. The van der Waals surface area contributed by atoms with E-state index in [1.54, 1.807) is 0 Å². The Morgan fingerprint density at radius 1 is 0.615 bits per heavy atom. The number of fused-ring (bicyclic) bond motifs is 4. The Morgan fingerprint density at radius 3 is 2.00 bits per heavy atom. The van der Waals surface area contributed by atoms with Crippen LogP contribution in [0.4, 0.5) is 0 Å². The van der Waals surface area contributed by atoms with Crippen molar-refractivity contribution in [3.8, 4) is 11.1 Å². The van der Waals surface area contributed by atoms with Gasteiger partial charge in [0, 0.05) is 44.0 Å². The monoisotopic (exact) mass is 334 g/mol. The Labute approximate surface area is 151 Å². The maximum absolute atomic E-state index is 3.96. The van der Waals surface area contributed by atoms with Crippen LogP contribution in [-0.2, 0) is 0 Å². The Kier molecular flexibility index (Phi) is 3.13. The number of benzene rings is 3. The second-order valence-electron chi connectivity index (χ2n) is 6.55. The normalized spacial score (nSPS) is 11.4. The van der Waals surface area contributed by atoms with E-state index in [4.69, 9.17) is 0 Å². The van der Waals surface area contributed by atoms with E-state index in [9.17, 15) is 0 Å². The van der Waals surface area contributed by atoms with Gasteiger partial charge in [-0.3, -0.25) is 0 Å². The SMILES string of the molecule is C=Cc1[nH]c2ccc(-c3ccc4[nH]c5ccccc5c4c3)cc2c1C=C. The maximum Gasteiger partial charge on any atom is 0.0465 e. The highest BCUT2D eigenvalue weighted by molar-refractivity contribution is 6.08. The summed E-state index contributed by atoms with van der Waals surface area (Å²) in [6, 6.07) is 21.6. The standard InChI is InChI=1S/C24H18N2/c1-3-17-19-13-15(9-11-23(19)25-21(17)4-2)16-10-12-24-20(14-16)18-7-5-6-8-22(18)26-24/h3-14,25-26H,1-2H2. The van der Waals surface area contributed by atoms with Crippen molar-refractivity contribution < 1.29 is 0 Å². The van der Waals surface area contributed by atoms with E-state index in [1.807, 2.05) is 12.2 Å². The Balaban J connectivity index is 1.75. The van der Waals surface area contributed by atoms with Crippen molar-refractivity contribution in [3.63, 3.8) is 0 Å². The molecule has 0 fully saturated rings. The van der Waals surface area contributed by atoms with Gasteiger partial charge in [0.2, 0.25) is 0 Å². The third-order valence-electron chi connectivity index (χ3n) is 5.12. The van der Waals surface area contributed by atoms with Crippen molar-refractivity contribution >= 4 is 44.9 Å². The molecule has 0 saturated heterocycles. The summed E-state index contributed by atoms with van der Waals surface area (Å²) in [5.41, 5.74) is 7.96. The third kappa shape index (κ3) is 2.06. The second-order valence-corrected chi connectivity index (χ2v) is 6.55. The number of aromatic amines is 2. The van der Waals surface area contributed by atoms with Crippen LogP contribution in [0.1, 0.15) is 11.3 Å². The number of hydrogen-bond donors (Lipinski definition) is 2. The van der Waals surface area contributed by atoms with Gasteiger partial charge in [-0.1, -0.05) is 49.6 Å². The van der Waals surface area contributed by atoms with Crippen LogP contribution in [0.5, 0.6) is 0 Å². The fourth-order valence-corrected chi connectivity index (χ4v) is 3.82. The molecule has 124 valence electrons. The van der Waals surface area contributed by atoms with Crippen LogP contribution in [0.25, 0.3) is 56.0 Å². The minimum atomic E-state index is 1.01. The van der Waals surface area contributed by atoms with E-state index < -0.39 is 0 Å². The van der Waals surface area contributed by atoms with Crippen LogP contribution in [-0.4, -0.2) is 9.97 Å². The van der Waals surface area contributed by atoms with Crippen LogP contribution < -0.4 is 0 Å². The summed E-state index contributed by atoms with van der Waals surface area (Å²) >= 11 is 0. The third-order valence-corrected chi connectivity index (χ3v) is 5.12. The predicted molar refractivity (Wildman–Crippen MR) is 113 cm³/mol. The molecule has 0 unspecified atom stereocenters. The van der Waals surface area contributed by atoms with Gasteiger partial charge in [0.15, 0.2) is 0 Å². The zero-order valence-electron chi connectivity index (χ0n) is 14.3. The minimum absolute atomic E-state index is 1.01. The summed E-state index contributed by atoms with van der Waals surface area (Å²) in [5.74, 6) is 0. The van der Waals surface area contributed by atoms with Gasteiger partial charge in [0.25, 0.3) is 0 Å². The highest BCUT2D eigenvalue weighted by Crippen LogP contribution is 2.33. The molecule has 0 radical (unpaired) electrons. The van der Waals surface area contributed by atoms with Gasteiger partial charge >= 0.3 is 0 Å². The molecule has 5 aromatic rings. The molecule has 0 saturated carbocycles. The second kappa shape index (κ2) is 5.50. The molecule has 2 heteroatoms. The molecule has 0 bridgehead atoms. The van der Waals surface area contributed by atoms with Crippen molar-refractivity contribution in [1.82, 2.24) is 9.97 Å². The number of H-pyrrole nitrogens is 2. The van der Waals surface area contributed by atoms with Crippen molar-refractivity contribution in [3.05, 3.63) is 85.1 Å². The van der Waals surface area contributed by atoms with Crippen LogP contribution >= 0.6 is 0 Å². The maximum atomic E-state index is 3.96. The molecule has 0 amide bonds. The Morgan fingerprint density at radius 2 is 1.27 bits per heavy atom. The fourth-order valence-electron chi connectivity index (χ4n) is 3.82. The molecule has 0 spiro atoms. The first-order chi connectivity index (χ1) is 12.8. The van der Waals surface area contributed by atoms with Gasteiger partial charge in [-0.05, 0) is 47.5 Å². The first kappa shape index (κ1) is 14.8. The smallest absolute Gasteiger partial charge is 0.0465 e. The molecule has 2 N–H and O–H groups in total. The van der Waals surface area contributed by atoms with Gasteiger partial charge in [0.05, 0.1) is 0 Å². The van der Waals surface area contributed by atoms with Gasteiger partial charge in [0.1, 0.15) is 0 Å². The van der Waals surface area contributed by atoms with Crippen molar-refractivity contribution in [2.75, 3.05) is 0 Å². The summed E-state index contributed by atoms with van der Waals surface area (Å²) < 4.78 is 0. The van der Waals surface area contributed by atoms with E-state index in [0.29, 0.717) is 0 Å². The molecule has 0 aliphatic rings. The number of aromatic nitrogens is 2. The van der Waals surface area contributed by atoms with E-state index in [-0.39, 0.29) is 0 Å². The van der Waals surface area contributed by atoms with Gasteiger partial charge in [-0.25, -0.2) is 0 Å². The van der Waals surface area contributed by atoms with E-state index in [2.05, 4.69) is 83.8 Å². The molecule has 0 aliphatic heterocycles. The minimum Gasteiger partial charge on any atom is -0.355 e. The number of para-hydroxylation sites is 1. The number of nitrogens with one attached hydrogen (secondary N) is 2. The summed E-state index contributed by atoms with van der Waals surface area (Å²) in [5, 5.41) is 3.68. The van der Waals surface area contributed by atoms with Gasteiger partial charge < -0.3 is 9.97 Å². The summed E-state index contributed by atoms with van der Waals surface area (Å²) in [6.45, 7) is 7.85. The lowest BCUT2D eigenvalue weighted by Crippen LogP contribution is -1.79. The first-order valence-corrected chi connectivity index (χ1v) is 8.70. The number of rotatable bonds is 3. The average Bonchev–Trinajstić information content (AvgIpc) is 3.24. The quantitative estimate of drug-likeness (QED) is 0.365. The summed E-state index contributed by atoms with van der Waals surface area (Å²) in [7, 11) is 0. The highest BCUT2D eigenvalue weighted by atomic mass is 14.7. The molecular weight excluding hydrogens is 316 g/mol. The van der Waals surface area contributed by atoms with Gasteiger partial charge in [-0.2, -0.15) is 0 Å². The molecule has 2 aromatic heterocycles. The molecular formula is C24H18N2. The molecule has 0 atom stereocenters. The first-order valence-electron chi connectivity index (χ1n) is 8.70. The van der Waals surface area contributed by atoms with Crippen LogP contribution in [0.2, 0.25) is 0 Å². The summed E-state index contributed by atoms with van der Waals surface area (Å²) in [4.78, 5) is 6.88. The largest absolute Gasteiger partial charge is 0.355 e. The van der Waals surface area contributed by atoms with E-state index in [1.165, 1.54) is 38.3 Å². The van der Waals surface area contributed by atoms with E-state index in [0.717, 1.165) is 16.8 Å². The highest BCUT2D eigenvalue weighted by Gasteiger charge is 2.10. The average molecular weight is 334 g/mol. The molecule has 0 aliphatic carbocycles. The molecule has 2 nitrogen and oxygen atoms in total. The van der Waals surface area contributed by atoms with Crippen molar-refractivity contribution in [2.45, 2.75) is 0 Å².